The predicted octanol–water partition coefficient (Wildman–Crippen LogP) is -0.188. The molecule has 1 atom stereocenters. The zero-order valence-corrected chi connectivity index (χ0v) is 12.6. The molecule has 8 heteroatoms. The number of hydrogen-bond acceptors (Lipinski definition) is 5. The summed E-state index contributed by atoms with van der Waals surface area (Å²) in [4.78, 5) is 37.4. The van der Waals surface area contributed by atoms with E-state index < -0.39 is 29.3 Å². The summed E-state index contributed by atoms with van der Waals surface area (Å²) >= 11 is 0. The van der Waals surface area contributed by atoms with Crippen molar-refractivity contribution >= 4 is 23.9 Å². The number of ketones is 1. The van der Waals surface area contributed by atoms with Crippen molar-refractivity contribution in [3.63, 3.8) is 0 Å². The molecule has 0 aliphatic heterocycles. The molecule has 0 aromatic carbocycles. The van der Waals surface area contributed by atoms with E-state index in [4.69, 9.17) is 16.0 Å². The Morgan fingerprint density at radius 2 is 1.95 bits per heavy atom. The first-order valence-corrected chi connectivity index (χ1v) is 6.62. The summed E-state index contributed by atoms with van der Waals surface area (Å²) in [5.41, 5.74) is 12.8. The number of Topliss-reactive ketones (excluding diaryl/α,β-unsaturated/α-hetero) is 1. The standard InChI is InChI=1S/C13H22N4O4/c1-13(2,3)21-12(20)10(17-11(19)6-7-14)5-4-9(18)8-16-15/h8,10H,4-7,14H2,1-3H3,(H,17,19)/t10-/m0/s1. The second-order valence-electron chi connectivity index (χ2n) is 5.44. The van der Waals surface area contributed by atoms with Crippen molar-refractivity contribution in [2.75, 3.05) is 6.54 Å². The lowest BCUT2D eigenvalue weighted by atomic mass is 10.1. The van der Waals surface area contributed by atoms with Crippen molar-refractivity contribution in [3.8, 4) is 0 Å². The number of carbonyl (C=O) groups is 3. The molecule has 0 radical (unpaired) electrons. The van der Waals surface area contributed by atoms with Gasteiger partial charge in [0.25, 0.3) is 0 Å². The predicted molar refractivity (Wildman–Crippen MR) is 75.4 cm³/mol. The quantitative estimate of drug-likeness (QED) is 0.277. The zero-order valence-electron chi connectivity index (χ0n) is 12.6. The summed E-state index contributed by atoms with van der Waals surface area (Å²) in [6, 6.07) is -0.945. The molecule has 0 heterocycles. The molecule has 0 aliphatic rings. The first kappa shape index (κ1) is 18.9. The van der Waals surface area contributed by atoms with Gasteiger partial charge in [-0.1, -0.05) is 0 Å². The van der Waals surface area contributed by atoms with Crippen molar-refractivity contribution in [2.45, 2.75) is 51.7 Å². The molecule has 0 bridgehead atoms. The molecule has 0 fully saturated rings. The maximum absolute atomic E-state index is 12.0. The molecule has 0 aromatic rings. The molecule has 118 valence electrons. The second kappa shape index (κ2) is 8.99. The third kappa shape index (κ3) is 9.48. The maximum Gasteiger partial charge on any atom is 0.329 e. The van der Waals surface area contributed by atoms with Crippen LogP contribution in [-0.2, 0) is 19.1 Å². The Morgan fingerprint density at radius 1 is 1.33 bits per heavy atom. The highest BCUT2D eigenvalue weighted by molar-refractivity contribution is 6.25. The number of esters is 1. The normalized spacial score (nSPS) is 12.0. The van der Waals surface area contributed by atoms with Gasteiger partial charge in [-0.3, -0.25) is 9.59 Å². The highest BCUT2D eigenvalue weighted by Crippen LogP contribution is 2.11. The third-order valence-electron chi connectivity index (χ3n) is 2.28. The van der Waals surface area contributed by atoms with Gasteiger partial charge in [0.1, 0.15) is 11.6 Å². The molecule has 21 heavy (non-hydrogen) atoms. The van der Waals surface area contributed by atoms with Crippen LogP contribution in [0.25, 0.3) is 5.53 Å². The van der Waals surface area contributed by atoms with Crippen molar-refractivity contribution in [3.05, 3.63) is 5.53 Å². The molecule has 0 unspecified atom stereocenters. The molecular weight excluding hydrogens is 276 g/mol. The van der Waals surface area contributed by atoms with E-state index in [1.165, 1.54) is 0 Å². The number of nitrogens with one attached hydrogen (secondary N) is 1. The lowest BCUT2D eigenvalue weighted by Gasteiger charge is -2.24. The number of nitrogens with two attached hydrogens (primary N) is 1. The maximum atomic E-state index is 12.0. The first-order chi connectivity index (χ1) is 9.69. The van der Waals surface area contributed by atoms with Crippen LogP contribution >= 0.6 is 0 Å². The van der Waals surface area contributed by atoms with Crippen molar-refractivity contribution in [2.24, 2.45) is 5.73 Å². The van der Waals surface area contributed by atoms with E-state index in [9.17, 15) is 14.4 Å². The molecule has 0 saturated heterocycles. The summed E-state index contributed by atoms with van der Waals surface area (Å²) < 4.78 is 5.19. The number of nitrogens with zero attached hydrogens (tertiary/aromatic N) is 2. The van der Waals surface area contributed by atoms with Crippen LogP contribution in [-0.4, -0.2) is 46.9 Å². The first-order valence-electron chi connectivity index (χ1n) is 6.62. The van der Waals surface area contributed by atoms with E-state index in [2.05, 4.69) is 10.1 Å². The zero-order chi connectivity index (χ0) is 16.5. The Kier molecular flexibility index (Phi) is 8.11. The highest BCUT2D eigenvalue weighted by Gasteiger charge is 2.27. The van der Waals surface area contributed by atoms with Crippen LogP contribution in [0.15, 0.2) is 0 Å². The van der Waals surface area contributed by atoms with Gasteiger partial charge in [0.15, 0.2) is 0 Å². The Balaban J connectivity index is 4.75. The average molecular weight is 298 g/mol. The van der Waals surface area contributed by atoms with Crippen LogP contribution in [0.5, 0.6) is 0 Å². The molecule has 0 aliphatic carbocycles. The van der Waals surface area contributed by atoms with E-state index in [1.54, 1.807) is 20.8 Å². The second-order valence-corrected chi connectivity index (χ2v) is 5.44. The van der Waals surface area contributed by atoms with E-state index in [-0.39, 0.29) is 25.8 Å². The van der Waals surface area contributed by atoms with Gasteiger partial charge in [0.05, 0.1) is 0 Å². The van der Waals surface area contributed by atoms with Crippen LogP contribution in [0.3, 0.4) is 0 Å². The average Bonchev–Trinajstić information content (AvgIpc) is 2.32. The summed E-state index contributed by atoms with van der Waals surface area (Å²) in [6.07, 6.45) is 0.812. The SMILES string of the molecule is CC(C)(C)OC(=O)[C@H](CCC(=O)C=[N+]=[N-])NC(=O)CCN. The van der Waals surface area contributed by atoms with Crippen LogP contribution in [0, 0.1) is 0 Å². The third-order valence-corrected chi connectivity index (χ3v) is 2.28. The van der Waals surface area contributed by atoms with Crippen molar-refractivity contribution in [1.29, 1.82) is 0 Å². The number of rotatable bonds is 8. The smallest absolute Gasteiger partial charge is 0.329 e. The fourth-order valence-electron chi connectivity index (χ4n) is 1.43. The van der Waals surface area contributed by atoms with Crippen molar-refractivity contribution in [1.82, 2.24) is 5.32 Å². The van der Waals surface area contributed by atoms with E-state index in [0.717, 1.165) is 6.21 Å². The van der Waals surface area contributed by atoms with Crippen LogP contribution in [0.1, 0.15) is 40.0 Å². The minimum absolute atomic E-state index is 0.0517. The van der Waals surface area contributed by atoms with E-state index in [0.29, 0.717) is 0 Å². The van der Waals surface area contributed by atoms with Gasteiger partial charge in [0.2, 0.25) is 11.7 Å². The van der Waals surface area contributed by atoms with Crippen LogP contribution in [0.2, 0.25) is 0 Å². The topological polar surface area (TPSA) is 135 Å². The Morgan fingerprint density at radius 3 is 2.43 bits per heavy atom. The van der Waals surface area contributed by atoms with Gasteiger partial charge in [0, 0.05) is 19.4 Å². The van der Waals surface area contributed by atoms with E-state index in [1.807, 2.05) is 0 Å². The summed E-state index contributed by atoms with van der Waals surface area (Å²) in [5.74, 6) is -1.47. The van der Waals surface area contributed by atoms with Gasteiger partial charge >= 0.3 is 12.2 Å². The largest absolute Gasteiger partial charge is 0.458 e. The highest BCUT2D eigenvalue weighted by atomic mass is 16.6. The number of ether oxygens (including phenoxy) is 1. The lowest BCUT2D eigenvalue weighted by Crippen LogP contribution is -2.44. The number of amides is 1. The minimum atomic E-state index is -0.945. The Bertz CT molecular complexity index is 436. The summed E-state index contributed by atoms with van der Waals surface area (Å²) in [5, 5.41) is 2.49. The molecule has 0 aromatic heterocycles. The van der Waals surface area contributed by atoms with E-state index >= 15 is 0 Å². The molecule has 0 saturated carbocycles. The fourth-order valence-corrected chi connectivity index (χ4v) is 1.43. The van der Waals surface area contributed by atoms with Gasteiger partial charge in [-0.2, -0.15) is 4.79 Å². The summed E-state index contributed by atoms with van der Waals surface area (Å²) in [7, 11) is 0. The van der Waals surface area contributed by atoms with Gasteiger partial charge < -0.3 is 21.3 Å². The molecule has 0 spiro atoms. The van der Waals surface area contributed by atoms with Gasteiger partial charge in [-0.15, -0.1) is 0 Å². The molecule has 3 N–H and O–H groups in total. The summed E-state index contributed by atoms with van der Waals surface area (Å²) in [6.45, 7) is 5.26. The Labute approximate surface area is 123 Å². The molecule has 0 rings (SSSR count). The fraction of sp³-hybridized carbons (Fsp3) is 0.692. The van der Waals surface area contributed by atoms with Crippen LogP contribution in [0.4, 0.5) is 0 Å². The van der Waals surface area contributed by atoms with Crippen LogP contribution < -0.4 is 11.1 Å². The molecule has 8 nitrogen and oxygen atoms in total. The van der Waals surface area contributed by atoms with Crippen molar-refractivity contribution < 1.29 is 23.9 Å². The molecule has 1 amide bonds. The Hall–Kier alpha value is -2.05. The molecular formula is C13H22N4O4. The number of hydrogen-bond donors (Lipinski definition) is 2. The van der Waals surface area contributed by atoms with Gasteiger partial charge in [-0.05, 0) is 27.2 Å². The minimum Gasteiger partial charge on any atom is -0.458 e. The number of carbonyl (C=O) groups excluding carboxylic acids is 3. The lowest BCUT2D eigenvalue weighted by molar-refractivity contribution is -0.158. The monoisotopic (exact) mass is 298 g/mol. The van der Waals surface area contributed by atoms with Gasteiger partial charge in [-0.25, -0.2) is 4.79 Å².